The van der Waals surface area contributed by atoms with E-state index < -0.39 is 11.9 Å². The number of phenolic OH excluding ortho intramolecular Hbond substituents is 1. The summed E-state index contributed by atoms with van der Waals surface area (Å²) in [6, 6.07) is 6.39. The fraction of sp³-hybridized carbons (Fsp3) is 0.133. The molecule has 6 nitrogen and oxygen atoms in total. The molecule has 0 aliphatic heterocycles. The number of nitrogens with one attached hydrogen (secondary N) is 1. The number of nitrogens with zero attached hydrogens (tertiary/aromatic N) is 1. The monoisotopic (exact) mass is 286 g/mol. The van der Waals surface area contributed by atoms with Gasteiger partial charge in [0.2, 0.25) is 0 Å². The number of pyridine rings is 1. The molecule has 1 heterocycles. The molecule has 0 aliphatic rings. The van der Waals surface area contributed by atoms with Crippen LogP contribution in [0.5, 0.6) is 11.5 Å². The molecule has 1 aromatic heterocycles. The Morgan fingerprint density at radius 2 is 1.95 bits per heavy atom. The minimum atomic E-state index is -0.876. The fourth-order valence-corrected chi connectivity index (χ4v) is 1.82. The van der Waals surface area contributed by atoms with Crippen molar-refractivity contribution in [2.75, 3.05) is 0 Å². The van der Waals surface area contributed by atoms with Crippen LogP contribution in [0.1, 0.15) is 27.7 Å². The number of hydrogen-bond acceptors (Lipinski definition) is 5. The van der Waals surface area contributed by atoms with Crippen LogP contribution in [0.15, 0.2) is 36.5 Å². The number of rotatable bonds is 4. The summed E-state index contributed by atoms with van der Waals surface area (Å²) in [5.74, 6) is -0.740. The lowest BCUT2D eigenvalue weighted by atomic mass is 10.1. The standard InChI is InChI=1S/C15H14N2O4/c1-9-6-14(20)12(7-16-9)15(21)17-13(8-18)10-2-4-11(19)5-3-10/h2-8,13,19H,1H3,(H,16,20)(H,17,21). The Kier molecular flexibility index (Phi) is 4.18. The summed E-state index contributed by atoms with van der Waals surface area (Å²) in [7, 11) is 0. The van der Waals surface area contributed by atoms with Crippen LogP contribution < -0.4 is 5.32 Å². The first-order valence-electron chi connectivity index (χ1n) is 6.22. The highest BCUT2D eigenvalue weighted by atomic mass is 16.3. The van der Waals surface area contributed by atoms with E-state index in [0.717, 1.165) is 0 Å². The van der Waals surface area contributed by atoms with Gasteiger partial charge in [-0.05, 0) is 24.6 Å². The van der Waals surface area contributed by atoms with Crippen LogP contribution in [-0.2, 0) is 4.79 Å². The average Bonchev–Trinajstić information content (AvgIpc) is 2.45. The number of phenols is 1. The molecule has 0 bridgehead atoms. The minimum Gasteiger partial charge on any atom is -0.508 e. The molecule has 21 heavy (non-hydrogen) atoms. The number of carbonyl (C=O) groups is 2. The molecule has 0 spiro atoms. The van der Waals surface area contributed by atoms with E-state index in [1.807, 2.05) is 0 Å². The molecular formula is C15H14N2O4. The van der Waals surface area contributed by atoms with Gasteiger partial charge in [-0.2, -0.15) is 0 Å². The fourth-order valence-electron chi connectivity index (χ4n) is 1.82. The molecule has 0 radical (unpaired) electrons. The smallest absolute Gasteiger partial charge is 0.257 e. The van der Waals surface area contributed by atoms with Crippen LogP contribution in [0.4, 0.5) is 0 Å². The molecule has 1 aromatic carbocycles. The van der Waals surface area contributed by atoms with Gasteiger partial charge in [0.1, 0.15) is 23.8 Å². The lowest BCUT2D eigenvalue weighted by Crippen LogP contribution is -2.29. The lowest BCUT2D eigenvalue weighted by Gasteiger charge is -2.14. The van der Waals surface area contributed by atoms with Gasteiger partial charge >= 0.3 is 0 Å². The number of carbonyl (C=O) groups excluding carboxylic acids is 2. The van der Waals surface area contributed by atoms with Gasteiger partial charge in [0, 0.05) is 18.0 Å². The Morgan fingerprint density at radius 1 is 1.29 bits per heavy atom. The molecule has 3 N–H and O–H groups in total. The summed E-state index contributed by atoms with van der Waals surface area (Å²) in [6.45, 7) is 1.69. The molecule has 2 aromatic rings. The van der Waals surface area contributed by atoms with Gasteiger partial charge in [0.25, 0.3) is 5.91 Å². The van der Waals surface area contributed by atoms with Crippen molar-refractivity contribution in [2.45, 2.75) is 13.0 Å². The van der Waals surface area contributed by atoms with Crippen LogP contribution in [-0.4, -0.2) is 27.4 Å². The molecule has 108 valence electrons. The first-order chi connectivity index (χ1) is 10.0. The van der Waals surface area contributed by atoms with Crippen molar-refractivity contribution in [1.29, 1.82) is 0 Å². The number of amides is 1. The Hall–Kier alpha value is -2.89. The molecule has 0 aliphatic carbocycles. The van der Waals surface area contributed by atoms with Gasteiger partial charge in [0.05, 0.1) is 5.56 Å². The molecule has 2 rings (SSSR count). The van der Waals surface area contributed by atoms with Crippen LogP contribution >= 0.6 is 0 Å². The van der Waals surface area contributed by atoms with Crippen LogP contribution in [0.3, 0.4) is 0 Å². The van der Waals surface area contributed by atoms with Gasteiger partial charge in [-0.25, -0.2) is 0 Å². The second-order valence-corrected chi connectivity index (χ2v) is 4.52. The first-order valence-corrected chi connectivity index (χ1v) is 6.22. The highest BCUT2D eigenvalue weighted by Gasteiger charge is 2.18. The van der Waals surface area contributed by atoms with Gasteiger partial charge in [0.15, 0.2) is 0 Å². The topological polar surface area (TPSA) is 99.5 Å². The molecule has 0 saturated heterocycles. The number of benzene rings is 1. The number of aldehydes is 1. The van der Waals surface area contributed by atoms with Crippen LogP contribution in [0.2, 0.25) is 0 Å². The Bertz CT molecular complexity index is 668. The SMILES string of the molecule is Cc1cc(O)c(C(=O)NC(C=O)c2ccc(O)cc2)cn1. The van der Waals surface area contributed by atoms with E-state index >= 15 is 0 Å². The third kappa shape index (κ3) is 3.36. The summed E-state index contributed by atoms with van der Waals surface area (Å²) in [5.41, 5.74) is 1.09. The third-order valence-corrected chi connectivity index (χ3v) is 2.94. The largest absolute Gasteiger partial charge is 0.508 e. The normalized spacial score (nSPS) is 11.7. The summed E-state index contributed by atoms with van der Waals surface area (Å²) in [6.07, 6.45) is 1.82. The van der Waals surface area contributed by atoms with E-state index in [9.17, 15) is 19.8 Å². The second-order valence-electron chi connectivity index (χ2n) is 4.52. The zero-order valence-corrected chi connectivity index (χ0v) is 11.3. The first kappa shape index (κ1) is 14.5. The minimum absolute atomic E-state index is 0.00812. The molecule has 1 atom stereocenters. The Morgan fingerprint density at radius 3 is 2.52 bits per heavy atom. The summed E-state index contributed by atoms with van der Waals surface area (Å²) in [4.78, 5) is 27.1. The van der Waals surface area contributed by atoms with Crippen molar-refractivity contribution in [2.24, 2.45) is 0 Å². The van der Waals surface area contributed by atoms with Crippen molar-refractivity contribution in [1.82, 2.24) is 10.3 Å². The van der Waals surface area contributed by atoms with Crippen LogP contribution in [0.25, 0.3) is 0 Å². The van der Waals surface area contributed by atoms with E-state index in [4.69, 9.17) is 0 Å². The molecule has 1 amide bonds. The summed E-state index contributed by atoms with van der Waals surface area (Å²) in [5, 5.41) is 21.4. The van der Waals surface area contributed by atoms with E-state index in [1.165, 1.54) is 36.5 Å². The second kappa shape index (κ2) is 6.04. The Balaban J connectivity index is 2.20. The molecular weight excluding hydrogens is 272 g/mol. The predicted molar refractivity (Wildman–Crippen MR) is 75.0 cm³/mol. The molecule has 6 heteroatoms. The molecule has 0 fully saturated rings. The average molecular weight is 286 g/mol. The molecule has 1 unspecified atom stereocenters. The summed E-state index contributed by atoms with van der Waals surface area (Å²) < 4.78 is 0. The number of aromatic hydroxyl groups is 2. The zero-order valence-electron chi connectivity index (χ0n) is 11.3. The number of aryl methyl sites for hydroxylation is 1. The van der Waals surface area contributed by atoms with Crippen molar-refractivity contribution in [3.63, 3.8) is 0 Å². The maximum Gasteiger partial charge on any atom is 0.257 e. The third-order valence-electron chi connectivity index (χ3n) is 2.94. The maximum absolute atomic E-state index is 12.1. The van der Waals surface area contributed by atoms with E-state index in [-0.39, 0.29) is 17.1 Å². The van der Waals surface area contributed by atoms with Crippen LogP contribution in [0, 0.1) is 6.92 Å². The van der Waals surface area contributed by atoms with Gasteiger partial charge < -0.3 is 20.3 Å². The lowest BCUT2D eigenvalue weighted by molar-refractivity contribution is -0.109. The Labute approximate surface area is 121 Å². The van der Waals surface area contributed by atoms with Crippen molar-refractivity contribution >= 4 is 12.2 Å². The van der Waals surface area contributed by atoms with E-state index in [2.05, 4.69) is 10.3 Å². The van der Waals surface area contributed by atoms with Gasteiger partial charge in [-0.1, -0.05) is 12.1 Å². The summed E-state index contributed by atoms with van der Waals surface area (Å²) >= 11 is 0. The predicted octanol–water partition coefficient (Wildman–Crippen LogP) is 1.47. The van der Waals surface area contributed by atoms with Crippen molar-refractivity contribution in [3.05, 3.63) is 53.3 Å². The highest BCUT2D eigenvalue weighted by Crippen LogP contribution is 2.19. The van der Waals surface area contributed by atoms with Gasteiger partial charge in [-0.3, -0.25) is 9.78 Å². The zero-order chi connectivity index (χ0) is 15.4. The van der Waals surface area contributed by atoms with E-state index in [1.54, 1.807) is 6.92 Å². The highest BCUT2D eigenvalue weighted by molar-refractivity contribution is 5.97. The number of aromatic nitrogens is 1. The maximum atomic E-state index is 12.1. The number of hydrogen-bond donors (Lipinski definition) is 3. The quantitative estimate of drug-likeness (QED) is 0.739. The molecule has 0 saturated carbocycles. The van der Waals surface area contributed by atoms with E-state index in [0.29, 0.717) is 17.5 Å². The van der Waals surface area contributed by atoms with Crippen molar-refractivity contribution in [3.8, 4) is 11.5 Å². The van der Waals surface area contributed by atoms with Crippen molar-refractivity contribution < 1.29 is 19.8 Å². The van der Waals surface area contributed by atoms with Gasteiger partial charge in [-0.15, -0.1) is 0 Å².